The fraction of sp³-hybridized carbons (Fsp3) is 0.615. The van der Waals surface area contributed by atoms with Crippen molar-refractivity contribution in [1.82, 2.24) is 10.3 Å². The molecule has 1 aromatic rings. The van der Waals surface area contributed by atoms with Crippen LogP contribution in [0.3, 0.4) is 0 Å². The van der Waals surface area contributed by atoms with Crippen LogP contribution in [-0.4, -0.2) is 11.0 Å². The van der Waals surface area contributed by atoms with Gasteiger partial charge in [0.05, 0.1) is 0 Å². The summed E-state index contributed by atoms with van der Waals surface area (Å²) in [4.78, 5) is 4.29. The topological polar surface area (TPSA) is 24.9 Å². The molecular formula is C13H22N2. The van der Waals surface area contributed by atoms with Crippen LogP contribution in [0.1, 0.15) is 38.4 Å². The Morgan fingerprint density at radius 1 is 1.40 bits per heavy atom. The molecule has 2 nitrogen and oxygen atoms in total. The third-order valence-corrected chi connectivity index (χ3v) is 2.92. The predicted octanol–water partition coefficient (Wildman–Crippen LogP) is 2.91. The molecule has 1 N–H and O–H groups in total. The molecule has 0 aliphatic heterocycles. The minimum atomic E-state index is 0.601. The van der Waals surface area contributed by atoms with Gasteiger partial charge in [0.2, 0.25) is 0 Å². The second kappa shape index (κ2) is 5.86. The number of aromatic nitrogens is 1. The highest BCUT2D eigenvalue weighted by Crippen LogP contribution is 2.08. The molecule has 0 radical (unpaired) electrons. The van der Waals surface area contributed by atoms with Gasteiger partial charge in [-0.3, -0.25) is 4.98 Å². The molecule has 0 saturated carbocycles. The Hall–Kier alpha value is -0.890. The lowest BCUT2D eigenvalue weighted by Crippen LogP contribution is -2.32. The molecule has 0 amide bonds. The van der Waals surface area contributed by atoms with E-state index < -0.39 is 0 Å². The molecule has 84 valence electrons. The third-order valence-electron chi connectivity index (χ3n) is 2.92. The quantitative estimate of drug-likeness (QED) is 0.801. The molecule has 0 fully saturated rings. The highest BCUT2D eigenvalue weighted by Gasteiger charge is 2.10. The normalized spacial score (nSPS) is 13.1. The van der Waals surface area contributed by atoms with E-state index in [-0.39, 0.29) is 0 Å². The fourth-order valence-electron chi connectivity index (χ4n) is 1.80. The number of nitrogens with one attached hydrogen (secondary N) is 1. The number of rotatable bonds is 5. The Balaban J connectivity index is 2.53. The minimum Gasteiger partial charge on any atom is -0.310 e. The van der Waals surface area contributed by atoms with Gasteiger partial charge in [-0.15, -0.1) is 0 Å². The van der Waals surface area contributed by atoms with Gasteiger partial charge in [-0.2, -0.15) is 0 Å². The van der Waals surface area contributed by atoms with Crippen molar-refractivity contribution in [3.8, 4) is 0 Å². The average Bonchev–Trinajstić information content (AvgIpc) is 2.21. The molecule has 1 unspecified atom stereocenters. The van der Waals surface area contributed by atoms with Gasteiger partial charge in [-0.05, 0) is 30.9 Å². The SMILES string of the molecule is CCC(NCc1cccnc1C)C(C)C. The van der Waals surface area contributed by atoms with Crippen LogP contribution < -0.4 is 5.32 Å². The Labute approximate surface area is 93.1 Å². The zero-order valence-electron chi connectivity index (χ0n) is 10.2. The van der Waals surface area contributed by atoms with Crippen LogP contribution >= 0.6 is 0 Å². The molecule has 0 aromatic carbocycles. The Bertz CT molecular complexity index is 294. The van der Waals surface area contributed by atoms with Crippen LogP contribution in [0.25, 0.3) is 0 Å². The molecule has 0 spiro atoms. The Morgan fingerprint density at radius 3 is 2.67 bits per heavy atom. The number of hydrogen-bond donors (Lipinski definition) is 1. The average molecular weight is 206 g/mol. The fourth-order valence-corrected chi connectivity index (χ4v) is 1.80. The van der Waals surface area contributed by atoms with Gasteiger partial charge in [-0.1, -0.05) is 26.8 Å². The van der Waals surface area contributed by atoms with E-state index in [0.29, 0.717) is 12.0 Å². The lowest BCUT2D eigenvalue weighted by molar-refractivity contribution is 0.387. The predicted molar refractivity (Wildman–Crippen MR) is 64.7 cm³/mol. The van der Waals surface area contributed by atoms with Crippen LogP contribution in [0.2, 0.25) is 0 Å². The zero-order chi connectivity index (χ0) is 11.3. The van der Waals surface area contributed by atoms with Crippen LogP contribution in [-0.2, 0) is 6.54 Å². The lowest BCUT2D eigenvalue weighted by atomic mass is 10.0. The number of pyridine rings is 1. The molecule has 1 aromatic heterocycles. The highest BCUT2D eigenvalue weighted by atomic mass is 14.9. The number of hydrogen-bond acceptors (Lipinski definition) is 2. The third kappa shape index (κ3) is 3.63. The van der Waals surface area contributed by atoms with E-state index in [0.717, 1.165) is 12.2 Å². The molecular weight excluding hydrogens is 184 g/mol. The van der Waals surface area contributed by atoms with Crippen molar-refractivity contribution in [1.29, 1.82) is 0 Å². The van der Waals surface area contributed by atoms with Gasteiger partial charge < -0.3 is 5.32 Å². The first kappa shape index (κ1) is 12.2. The van der Waals surface area contributed by atoms with Crippen molar-refractivity contribution in [3.63, 3.8) is 0 Å². The van der Waals surface area contributed by atoms with Crippen molar-refractivity contribution < 1.29 is 0 Å². The van der Waals surface area contributed by atoms with Gasteiger partial charge in [-0.25, -0.2) is 0 Å². The van der Waals surface area contributed by atoms with Crippen molar-refractivity contribution in [2.24, 2.45) is 5.92 Å². The summed E-state index contributed by atoms with van der Waals surface area (Å²) < 4.78 is 0. The second-order valence-corrected chi connectivity index (χ2v) is 4.39. The van der Waals surface area contributed by atoms with Crippen LogP contribution in [0.5, 0.6) is 0 Å². The summed E-state index contributed by atoms with van der Waals surface area (Å²) in [7, 11) is 0. The summed E-state index contributed by atoms with van der Waals surface area (Å²) in [5.41, 5.74) is 2.43. The molecule has 0 bridgehead atoms. The largest absolute Gasteiger partial charge is 0.310 e. The molecule has 0 aliphatic carbocycles. The minimum absolute atomic E-state index is 0.601. The molecule has 1 rings (SSSR count). The van der Waals surface area contributed by atoms with E-state index in [2.05, 4.69) is 44.1 Å². The first-order chi connectivity index (χ1) is 7.15. The Kier molecular flexibility index (Phi) is 4.76. The molecule has 0 saturated heterocycles. The van der Waals surface area contributed by atoms with Gasteiger partial charge in [0.15, 0.2) is 0 Å². The van der Waals surface area contributed by atoms with Crippen LogP contribution in [0.4, 0.5) is 0 Å². The zero-order valence-corrected chi connectivity index (χ0v) is 10.2. The van der Waals surface area contributed by atoms with Crippen LogP contribution in [0.15, 0.2) is 18.3 Å². The van der Waals surface area contributed by atoms with E-state index in [1.54, 1.807) is 0 Å². The standard InChI is InChI=1S/C13H22N2/c1-5-13(10(2)3)15-9-12-7-6-8-14-11(12)4/h6-8,10,13,15H,5,9H2,1-4H3. The van der Waals surface area contributed by atoms with E-state index in [9.17, 15) is 0 Å². The van der Waals surface area contributed by atoms with Crippen LogP contribution in [0, 0.1) is 12.8 Å². The first-order valence-electron chi connectivity index (χ1n) is 5.79. The monoisotopic (exact) mass is 206 g/mol. The van der Waals surface area contributed by atoms with Crippen molar-refractivity contribution in [3.05, 3.63) is 29.6 Å². The summed E-state index contributed by atoms with van der Waals surface area (Å²) in [6.07, 6.45) is 3.02. The summed E-state index contributed by atoms with van der Waals surface area (Å²) in [6.45, 7) is 9.74. The molecule has 1 atom stereocenters. The first-order valence-corrected chi connectivity index (χ1v) is 5.79. The van der Waals surface area contributed by atoms with E-state index >= 15 is 0 Å². The lowest BCUT2D eigenvalue weighted by Gasteiger charge is -2.21. The maximum atomic E-state index is 4.29. The summed E-state index contributed by atoms with van der Waals surface area (Å²) in [5.74, 6) is 0.687. The molecule has 2 heteroatoms. The van der Waals surface area contributed by atoms with Gasteiger partial charge >= 0.3 is 0 Å². The van der Waals surface area contributed by atoms with Crippen molar-refractivity contribution >= 4 is 0 Å². The maximum Gasteiger partial charge on any atom is 0.0417 e. The van der Waals surface area contributed by atoms with Gasteiger partial charge in [0.1, 0.15) is 0 Å². The van der Waals surface area contributed by atoms with Gasteiger partial charge in [0, 0.05) is 24.5 Å². The summed E-state index contributed by atoms with van der Waals surface area (Å²) in [5, 5.41) is 3.59. The molecule has 0 aliphatic rings. The van der Waals surface area contributed by atoms with Crippen molar-refractivity contribution in [2.75, 3.05) is 0 Å². The maximum absolute atomic E-state index is 4.29. The number of aryl methyl sites for hydroxylation is 1. The van der Waals surface area contributed by atoms with E-state index in [1.165, 1.54) is 12.0 Å². The summed E-state index contributed by atoms with van der Waals surface area (Å²) in [6, 6.07) is 4.74. The smallest absolute Gasteiger partial charge is 0.0417 e. The van der Waals surface area contributed by atoms with E-state index in [4.69, 9.17) is 0 Å². The van der Waals surface area contributed by atoms with Crippen molar-refractivity contribution in [2.45, 2.75) is 46.7 Å². The summed E-state index contributed by atoms with van der Waals surface area (Å²) >= 11 is 0. The van der Waals surface area contributed by atoms with E-state index in [1.807, 2.05) is 12.3 Å². The Morgan fingerprint density at radius 2 is 2.13 bits per heavy atom. The number of nitrogens with zero attached hydrogens (tertiary/aromatic N) is 1. The highest BCUT2D eigenvalue weighted by molar-refractivity contribution is 5.17. The molecule has 1 heterocycles. The molecule has 15 heavy (non-hydrogen) atoms. The van der Waals surface area contributed by atoms with Gasteiger partial charge in [0.25, 0.3) is 0 Å². The second-order valence-electron chi connectivity index (χ2n) is 4.39.